The molecule has 1 atom stereocenters. The summed E-state index contributed by atoms with van der Waals surface area (Å²) in [6.45, 7) is 0. The van der Waals surface area contributed by atoms with Crippen LogP contribution < -0.4 is 10.6 Å². The molecule has 2 aliphatic rings. The van der Waals surface area contributed by atoms with Crippen molar-refractivity contribution in [2.45, 2.75) is 57.0 Å². The molecule has 2 amide bonds. The number of aryl methyl sites for hydroxylation is 1. The fourth-order valence-electron chi connectivity index (χ4n) is 3.89. The predicted octanol–water partition coefficient (Wildman–Crippen LogP) is 2.63. The van der Waals surface area contributed by atoms with Gasteiger partial charge in [0.1, 0.15) is 5.76 Å². The van der Waals surface area contributed by atoms with E-state index in [2.05, 4.69) is 15.8 Å². The number of benzene rings is 1. The van der Waals surface area contributed by atoms with Gasteiger partial charge in [0, 0.05) is 29.6 Å². The maximum atomic E-state index is 12.6. The smallest absolute Gasteiger partial charge is 0.273 e. The summed E-state index contributed by atoms with van der Waals surface area (Å²) in [6.07, 6.45) is 6.42. The summed E-state index contributed by atoms with van der Waals surface area (Å²) in [5, 5.41) is 10.1. The minimum atomic E-state index is -0.156. The van der Waals surface area contributed by atoms with Crippen LogP contribution in [-0.4, -0.2) is 29.1 Å². The molecule has 6 heteroatoms. The monoisotopic (exact) mass is 353 g/mol. The van der Waals surface area contributed by atoms with E-state index >= 15 is 0 Å². The number of fused-ring (bicyclic) bond motifs is 1. The van der Waals surface area contributed by atoms with Crippen molar-refractivity contribution < 1.29 is 14.1 Å². The molecule has 2 aromatic rings. The van der Waals surface area contributed by atoms with Gasteiger partial charge in [-0.3, -0.25) is 9.59 Å². The fraction of sp³-hybridized carbons (Fsp3) is 0.450. The first-order valence-corrected chi connectivity index (χ1v) is 9.35. The van der Waals surface area contributed by atoms with Crippen molar-refractivity contribution in [1.82, 2.24) is 15.8 Å². The third-order valence-electron chi connectivity index (χ3n) is 5.32. The Bertz CT molecular complexity index is 794. The third kappa shape index (κ3) is 3.49. The quantitative estimate of drug-likeness (QED) is 0.885. The Morgan fingerprint density at radius 3 is 2.46 bits per heavy atom. The Balaban J connectivity index is 1.43. The zero-order chi connectivity index (χ0) is 17.9. The van der Waals surface area contributed by atoms with E-state index in [4.69, 9.17) is 4.52 Å². The van der Waals surface area contributed by atoms with Crippen LogP contribution in [0.3, 0.4) is 0 Å². The average Bonchev–Trinajstić information content (AvgIpc) is 3.31. The number of nitrogens with zero attached hydrogens (tertiary/aromatic N) is 1. The molecule has 2 N–H and O–H groups in total. The SMILES string of the molecule is O=C(NC1CCc2onc(C(=O)NC3CCCC3)c2C1)c1ccccc1. The average molecular weight is 353 g/mol. The normalized spacial score (nSPS) is 19.8. The summed E-state index contributed by atoms with van der Waals surface area (Å²) < 4.78 is 5.39. The van der Waals surface area contributed by atoms with E-state index in [1.807, 2.05) is 18.2 Å². The van der Waals surface area contributed by atoms with E-state index in [1.165, 1.54) is 0 Å². The molecule has 0 radical (unpaired) electrons. The molecule has 6 nitrogen and oxygen atoms in total. The molecule has 1 fully saturated rings. The van der Waals surface area contributed by atoms with Gasteiger partial charge in [0.2, 0.25) is 0 Å². The van der Waals surface area contributed by atoms with Crippen LogP contribution in [0.4, 0.5) is 0 Å². The number of hydrogen-bond acceptors (Lipinski definition) is 4. The first-order chi connectivity index (χ1) is 12.7. The minimum Gasteiger partial charge on any atom is -0.360 e. The largest absolute Gasteiger partial charge is 0.360 e. The second-order valence-corrected chi connectivity index (χ2v) is 7.17. The number of hydrogen-bond donors (Lipinski definition) is 2. The second kappa shape index (κ2) is 7.32. The van der Waals surface area contributed by atoms with Crippen molar-refractivity contribution in [3.63, 3.8) is 0 Å². The van der Waals surface area contributed by atoms with Crippen molar-refractivity contribution in [2.24, 2.45) is 0 Å². The zero-order valence-corrected chi connectivity index (χ0v) is 14.7. The summed E-state index contributed by atoms with van der Waals surface area (Å²) in [5.41, 5.74) is 1.86. The highest BCUT2D eigenvalue weighted by Crippen LogP contribution is 2.26. The molecule has 0 spiro atoms. The Morgan fingerprint density at radius 2 is 1.69 bits per heavy atom. The van der Waals surface area contributed by atoms with Gasteiger partial charge in [-0.15, -0.1) is 0 Å². The van der Waals surface area contributed by atoms with Crippen LogP contribution in [0.15, 0.2) is 34.9 Å². The topological polar surface area (TPSA) is 84.2 Å². The van der Waals surface area contributed by atoms with Gasteiger partial charge < -0.3 is 15.2 Å². The molecule has 2 aliphatic carbocycles. The molecule has 0 saturated heterocycles. The summed E-state index contributed by atoms with van der Waals surface area (Å²) in [5.74, 6) is 0.524. The lowest BCUT2D eigenvalue weighted by Gasteiger charge is -2.22. The van der Waals surface area contributed by atoms with Gasteiger partial charge in [0.25, 0.3) is 11.8 Å². The molecule has 26 heavy (non-hydrogen) atoms. The van der Waals surface area contributed by atoms with Gasteiger partial charge in [0.15, 0.2) is 5.69 Å². The van der Waals surface area contributed by atoms with Gasteiger partial charge in [-0.05, 0) is 37.8 Å². The molecule has 0 bridgehead atoms. The molecule has 1 aromatic carbocycles. The Morgan fingerprint density at radius 1 is 0.962 bits per heavy atom. The number of rotatable bonds is 4. The lowest BCUT2D eigenvalue weighted by atomic mass is 9.91. The highest BCUT2D eigenvalue weighted by atomic mass is 16.5. The standard InChI is InChI=1S/C20H23N3O3/c24-19(13-6-2-1-3-7-13)22-15-10-11-17-16(12-15)18(23-26-17)20(25)21-14-8-4-5-9-14/h1-3,6-7,14-15H,4-5,8-12H2,(H,21,25)(H,22,24). The van der Waals surface area contributed by atoms with Crippen molar-refractivity contribution in [3.8, 4) is 0 Å². The summed E-state index contributed by atoms with van der Waals surface area (Å²) in [4.78, 5) is 24.9. The summed E-state index contributed by atoms with van der Waals surface area (Å²) in [7, 11) is 0. The van der Waals surface area contributed by atoms with E-state index in [0.717, 1.165) is 43.4 Å². The molecule has 1 unspecified atom stereocenters. The maximum absolute atomic E-state index is 12.6. The van der Waals surface area contributed by atoms with Gasteiger partial charge in [0.05, 0.1) is 0 Å². The van der Waals surface area contributed by atoms with Crippen molar-refractivity contribution in [2.75, 3.05) is 0 Å². The van der Waals surface area contributed by atoms with Crippen LogP contribution in [0.25, 0.3) is 0 Å². The van der Waals surface area contributed by atoms with E-state index in [1.54, 1.807) is 12.1 Å². The van der Waals surface area contributed by atoms with Crippen LogP contribution in [0.2, 0.25) is 0 Å². The first kappa shape index (κ1) is 16.8. The predicted molar refractivity (Wildman–Crippen MR) is 95.9 cm³/mol. The second-order valence-electron chi connectivity index (χ2n) is 7.17. The fourth-order valence-corrected chi connectivity index (χ4v) is 3.89. The van der Waals surface area contributed by atoms with Crippen LogP contribution in [0, 0.1) is 0 Å². The highest BCUT2D eigenvalue weighted by Gasteiger charge is 2.30. The molecule has 4 rings (SSSR count). The van der Waals surface area contributed by atoms with Gasteiger partial charge >= 0.3 is 0 Å². The highest BCUT2D eigenvalue weighted by molar-refractivity contribution is 5.95. The summed E-state index contributed by atoms with van der Waals surface area (Å²) in [6, 6.07) is 9.39. The Kier molecular flexibility index (Phi) is 4.73. The zero-order valence-electron chi connectivity index (χ0n) is 14.7. The van der Waals surface area contributed by atoms with E-state index in [-0.39, 0.29) is 23.9 Å². The molecule has 1 heterocycles. The lowest BCUT2D eigenvalue weighted by molar-refractivity contribution is 0.0925. The van der Waals surface area contributed by atoms with Crippen LogP contribution in [0.1, 0.15) is 64.3 Å². The minimum absolute atomic E-state index is 0.0207. The maximum Gasteiger partial charge on any atom is 0.273 e. The molecule has 1 aromatic heterocycles. The Labute approximate surface area is 152 Å². The number of carbonyl (C=O) groups excluding carboxylic acids is 2. The molecular formula is C20H23N3O3. The van der Waals surface area contributed by atoms with Crippen molar-refractivity contribution in [3.05, 3.63) is 52.9 Å². The van der Waals surface area contributed by atoms with E-state index in [9.17, 15) is 9.59 Å². The van der Waals surface area contributed by atoms with E-state index in [0.29, 0.717) is 24.1 Å². The van der Waals surface area contributed by atoms with Crippen molar-refractivity contribution in [1.29, 1.82) is 0 Å². The first-order valence-electron chi connectivity index (χ1n) is 9.35. The Hall–Kier alpha value is -2.63. The number of carbonyl (C=O) groups is 2. The van der Waals surface area contributed by atoms with Crippen LogP contribution in [-0.2, 0) is 12.8 Å². The van der Waals surface area contributed by atoms with Crippen molar-refractivity contribution >= 4 is 11.8 Å². The summed E-state index contributed by atoms with van der Waals surface area (Å²) >= 11 is 0. The van der Waals surface area contributed by atoms with Gasteiger partial charge in [-0.1, -0.05) is 36.2 Å². The van der Waals surface area contributed by atoms with Gasteiger partial charge in [-0.2, -0.15) is 0 Å². The van der Waals surface area contributed by atoms with Crippen LogP contribution >= 0.6 is 0 Å². The van der Waals surface area contributed by atoms with E-state index < -0.39 is 0 Å². The number of amides is 2. The van der Waals surface area contributed by atoms with Crippen LogP contribution in [0.5, 0.6) is 0 Å². The third-order valence-corrected chi connectivity index (χ3v) is 5.32. The number of aromatic nitrogens is 1. The lowest BCUT2D eigenvalue weighted by Crippen LogP contribution is -2.39. The molecule has 1 saturated carbocycles. The molecular weight excluding hydrogens is 330 g/mol. The van der Waals surface area contributed by atoms with Gasteiger partial charge in [-0.25, -0.2) is 0 Å². The molecule has 0 aliphatic heterocycles. The number of nitrogens with one attached hydrogen (secondary N) is 2. The molecule has 136 valence electrons.